The second kappa shape index (κ2) is 7.78. The van der Waals surface area contributed by atoms with Gasteiger partial charge in [0.05, 0.1) is 16.6 Å². The van der Waals surface area contributed by atoms with Gasteiger partial charge in [-0.1, -0.05) is 18.7 Å². The first-order valence-electron chi connectivity index (χ1n) is 10.5. The first-order chi connectivity index (χ1) is 14.9. The van der Waals surface area contributed by atoms with Crippen LogP contribution in [0.1, 0.15) is 30.6 Å². The van der Waals surface area contributed by atoms with Crippen LogP contribution >= 0.6 is 22.6 Å². The molecule has 1 atom stereocenters. The Labute approximate surface area is 194 Å². The Bertz CT molecular complexity index is 1340. The molecule has 1 amide bonds. The Morgan fingerprint density at radius 1 is 1.26 bits per heavy atom. The lowest BCUT2D eigenvalue weighted by Crippen LogP contribution is -2.30. The molecule has 0 bridgehead atoms. The van der Waals surface area contributed by atoms with Crippen molar-refractivity contribution in [3.8, 4) is 0 Å². The molecule has 1 aliphatic rings. The van der Waals surface area contributed by atoms with Crippen molar-refractivity contribution in [3.05, 3.63) is 58.3 Å². The van der Waals surface area contributed by atoms with E-state index in [1.54, 1.807) is 0 Å². The molecule has 1 aliphatic heterocycles. The van der Waals surface area contributed by atoms with Gasteiger partial charge in [-0.05, 0) is 70.7 Å². The van der Waals surface area contributed by atoms with Crippen LogP contribution in [0.3, 0.4) is 0 Å². The monoisotopic (exact) mass is 525 g/mol. The van der Waals surface area contributed by atoms with E-state index in [9.17, 15) is 4.79 Å². The Balaban J connectivity index is 1.79. The molecule has 1 saturated heterocycles. The Morgan fingerprint density at radius 3 is 2.81 bits per heavy atom. The summed E-state index contributed by atoms with van der Waals surface area (Å²) in [5, 5.41) is 4.00. The SMILES string of the molecule is C=C(I)C1CCN(c2ccnc3c2cc(C(=O)NC(C)C)c2nc4ccccc4n23)C1. The lowest BCUT2D eigenvalue weighted by Gasteiger charge is -2.21. The van der Waals surface area contributed by atoms with E-state index in [4.69, 9.17) is 9.97 Å². The second-order valence-corrected chi connectivity index (χ2v) is 9.78. The van der Waals surface area contributed by atoms with Crippen molar-refractivity contribution < 1.29 is 4.79 Å². The largest absolute Gasteiger partial charge is 0.370 e. The Hall–Kier alpha value is -2.68. The lowest BCUT2D eigenvalue weighted by molar-refractivity contribution is 0.0944. The van der Waals surface area contributed by atoms with Gasteiger partial charge >= 0.3 is 0 Å². The van der Waals surface area contributed by atoms with E-state index >= 15 is 0 Å². The average molecular weight is 525 g/mol. The minimum absolute atomic E-state index is 0.0370. The molecule has 0 saturated carbocycles. The predicted octanol–water partition coefficient (Wildman–Crippen LogP) is 4.95. The van der Waals surface area contributed by atoms with Gasteiger partial charge in [-0.25, -0.2) is 9.97 Å². The van der Waals surface area contributed by atoms with Gasteiger partial charge in [0.25, 0.3) is 5.91 Å². The van der Waals surface area contributed by atoms with Crippen LogP contribution in [0, 0.1) is 5.92 Å². The molecule has 0 aliphatic carbocycles. The molecular weight excluding hydrogens is 501 g/mol. The number of anilines is 1. The molecule has 158 valence electrons. The zero-order valence-electron chi connectivity index (χ0n) is 17.6. The Morgan fingerprint density at radius 2 is 2.06 bits per heavy atom. The topological polar surface area (TPSA) is 62.5 Å². The summed E-state index contributed by atoms with van der Waals surface area (Å²) in [6.45, 7) is 9.96. The minimum atomic E-state index is -0.119. The van der Waals surface area contributed by atoms with Gasteiger partial charge in [-0.2, -0.15) is 0 Å². The summed E-state index contributed by atoms with van der Waals surface area (Å²) in [6, 6.07) is 12.0. The summed E-state index contributed by atoms with van der Waals surface area (Å²) in [4.78, 5) is 25.1. The minimum Gasteiger partial charge on any atom is -0.370 e. The van der Waals surface area contributed by atoms with Crippen molar-refractivity contribution in [1.82, 2.24) is 19.7 Å². The second-order valence-electron chi connectivity index (χ2n) is 8.39. The zero-order valence-corrected chi connectivity index (χ0v) is 19.8. The van der Waals surface area contributed by atoms with Gasteiger partial charge in [0.1, 0.15) is 5.65 Å². The molecule has 4 heterocycles. The number of nitrogens with one attached hydrogen (secondary N) is 1. The maximum absolute atomic E-state index is 13.2. The van der Waals surface area contributed by atoms with Crippen molar-refractivity contribution in [2.45, 2.75) is 26.3 Å². The van der Waals surface area contributed by atoms with Gasteiger partial charge < -0.3 is 10.2 Å². The van der Waals surface area contributed by atoms with Crippen LogP contribution in [0.4, 0.5) is 5.69 Å². The highest BCUT2D eigenvalue weighted by Gasteiger charge is 2.27. The molecule has 1 N–H and O–H groups in total. The number of hydrogen-bond donors (Lipinski definition) is 1. The Kier molecular flexibility index (Phi) is 5.08. The standard InChI is InChI=1S/C24H24IN5O/c1-14(2)27-24(31)18-12-17-20(29-11-9-16(13-29)15(3)25)8-10-26-22(17)30-21-7-5-4-6-19(21)28-23(18)30/h4-8,10,12,14,16H,3,9,11,13H2,1-2H3,(H,27,31). The first kappa shape index (κ1) is 20.2. The van der Waals surface area contributed by atoms with Crippen molar-refractivity contribution in [2.24, 2.45) is 5.92 Å². The number of nitrogens with zero attached hydrogens (tertiary/aromatic N) is 4. The number of para-hydroxylation sites is 2. The molecule has 5 rings (SSSR count). The third kappa shape index (κ3) is 3.44. The van der Waals surface area contributed by atoms with Crippen molar-refractivity contribution >= 4 is 61.9 Å². The summed E-state index contributed by atoms with van der Waals surface area (Å²) < 4.78 is 3.22. The van der Waals surface area contributed by atoms with Crippen LogP contribution in [-0.4, -0.2) is 39.4 Å². The van der Waals surface area contributed by atoms with E-state index in [1.807, 2.05) is 54.8 Å². The third-order valence-electron chi connectivity index (χ3n) is 5.88. The quantitative estimate of drug-likeness (QED) is 0.383. The van der Waals surface area contributed by atoms with Gasteiger partial charge in [-0.15, -0.1) is 0 Å². The fourth-order valence-corrected chi connectivity index (χ4v) is 4.92. The molecular formula is C24H24IN5O. The fraction of sp³-hybridized carbons (Fsp3) is 0.292. The predicted molar refractivity (Wildman–Crippen MR) is 134 cm³/mol. The number of pyridine rings is 2. The van der Waals surface area contributed by atoms with Crippen LogP contribution in [0.2, 0.25) is 0 Å². The van der Waals surface area contributed by atoms with Crippen LogP contribution in [0.15, 0.2) is 52.8 Å². The van der Waals surface area contributed by atoms with Crippen molar-refractivity contribution in [3.63, 3.8) is 0 Å². The number of carbonyl (C=O) groups is 1. The number of benzene rings is 1. The molecule has 1 fully saturated rings. The first-order valence-corrected chi connectivity index (χ1v) is 11.6. The molecule has 0 radical (unpaired) electrons. The van der Waals surface area contributed by atoms with E-state index in [1.165, 1.54) is 3.58 Å². The maximum atomic E-state index is 13.2. The van der Waals surface area contributed by atoms with Crippen molar-refractivity contribution in [1.29, 1.82) is 0 Å². The molecule has 4 aromatic rings. The van der Waals surface area contributed by atoms with E-state index in [-0.39, 0.29) is 11.9 Å². The number of carbonyl (C=O) groups excluding carboxylic acids is 1. The molecule has 1 aromatic carbocycles. The number of hydrogen-bond acceptors (Lipinski definition) is 4. The van der Waals surface area contributed by atoms with Crippen LogP contribution in [-0.2, 0) is 0 Å². The summed E-state index contributed by atoms with van der Waals surface area (Å²) in [7, 11) is 0. The van der Waals surface area contributed by atoms with Gasteiger partial charge in [-0.3, -0.25) is 9.20 Å². The van der Waals surface area contributed by atoms with Gasteiger partial charge in [0.2, 0.25) is 0 Å². The number of rotatable bonds is 4. The lowest BCUT2D eigenvalue weighted by atomic mass is 10.1. The zero-order chi connectivity index (χ0) is 21.7. The number of halogens is 1. The highest BCUT2D eigenvalue weighted by atomic mass is 127. The molecule has 0 spiro atoms. The van der Waals surface area contributed by atoms with E-state index in [0.29, 0.717) is 17.1 Å². The number of amides is 1. The highest BCUT2D eigenvalue weighted by Crippen LogP contribution is 2.35. The summed E-state index contributed by atoms with van der Waals surface area (Å²) in [5.74, 6) is 0.359. The maximum Gasteiger partial charge on any atom is 0.255 e. The smallest absolute Gasteiger partial charge is 0.255 e. The fourth-order valence-electron chi connectivity index (χ4n) is 4.42. The molecule has 1 unspecified atom stereocenters. The summed E-state index contributed by atoms with van der Waals surface area (Å²) in [5.41, 5.74) is 4.93. The van der Waals surface area contributed by atoms with Crippen molar-refractivity contribution in [2.75, 3.05) is 18.0 Å². The van der Waals surface area contributed by atoms with Crippen LogP contribution < -0.4 is 10.2 Å². The highest BCUT2D eigenvalue weighted by molar-refractivity contribution is 14.1. The third-order valence-corrected chi connectivity index (χ3v) is 6.77. The van der Waals surface area contributed by atoms with E-state index in [2.05, 4.69) is 45.5 Å². The van der Waals surface area contributed by atoms with E-state index < -0.39 is 0 Å². The molecule has 31 heavy (non-hydrogen) atoms. The van der Waals surface area contributed by atoms with E-state index in [0.717, 1.165) is 47.3 Å². The molecule has 6 nitrogen and oxygen atoms in total. The normalized spacial score (nSPS) is 16.6. The van der Waals surface area contributed by atoms with Gasteiger partial charge in [0, 0.05) is 42.3 Å². The van der Waals surface area contributed by atoms with Crippen LogP contribution in [0.5, 0.6) is 0 Å². The summed E-state index contributed by atoms with van der Waals surface area (Å²) in [6.07, 6.45) is 2.94. The van der Waals surface area contributed by atoms with Crippen LogP contribution in [0.25, 0.3) is 27.7 Å². The molecule has 7 heteroatoms. The number of fused-ring (bicyclic) bond motifs is 5. The number of imidazole rings is 1. The van der Waals surface area contributed by atoms with Gasteiger partial charge in [0.15, 0.2) is 5.65 Å². The number of aromatic nitrogens is 3. The average Bonchev–Trinajstić information content (AvgIpc) is 3.37. The molecule has 3 aromatic heterocycles. The summed E-state index contributed by atoms with van der Waals surface area (Å²) >= 11 is 2.34.